The fourth-order valence-corrected chi connectivity index (χ4v) is 3.77. The Kier molecular flexibility index (Phi) is 4.96. The molecule has 1 N–H and O–H groups in total. The summed E-state index contributed by atoms with van der Waals surface area (Å²) in [7, 11) is -3.44. The molecule has 0 saturated carbocycles. The van der Waals surface area contributed by atoms with Gasteiger partial charge in [0.15, 0.2) is 9.84 Å². The summed E-state index contributed by atoms with van der Waals surface area (Å²) in [6.07, 6.45) is -1.10. The van der Waals surface area contributed by atoms with E-state index in [9.17, 15) is 13.5 Å². The van der Waals surface area contributed by atoms with Gasteiger partial charge in [-0.2, -0.15) is 5.26 Å². The molecule has 0 aliphatic rings. The van der Waals surface area contributed by atoms with Gasteiger partial charge in [0.25, 0.3) is 0 Å². The standard InChI is InChI=1S/C17H17NO3S/c1-13-4-2-3-5-16(13)11-22(20,21)12-17(19)15-8-6-14(10-18)7-9-15/h2-9,17,19H,11-12H2,1H3. The monoisotopic (exact) mass is 315 g/mol. The summed E-state index contributed by atoms with van der Waals surface area (Å²) in [5.74, 6) is -0.430. The minimum atomic E-state index is -3.44. The van der Waals surface area contributed by atoms with E-state index < -0.39 is 15.9 Å². The predicted molar refractivity (Wildman–Crippen MR) is 84.8 cm³/mol. The van der Waals surface area contributed by atoms with E-state index in [1.807, 2.05) is 25.1 Å². The average molecular weight is 315 g/mol. The third kappa shape index (κ3) is 4.17. The third-order valence-corrected chi connectivity index (χ3v) is 5.05. The SMILES string of the molecule is Cc1ccccc1CS(=O)(=O)CC(O)c1ccc(C#N)cc1. The number of nitriles is 1. The molecule has 0 aliphatic carbocycles. The molecule has 2 aromatic carbocycles. The van der Waals surface area contributed by atoms with Crippen LogP contribution in [-0.4, -0.2) is 19.3 Å². The number of sulfone groups is 1. The highest BCUT2D eigenvalue weighted by atomic mass is 32.2. The fraction of sp³-hybridized carbons (Fsp3) is 0.235. The van der Waals surface area contributed by atoms with Crippen molar-refractivity contribution in [3.63, 3.8) is 0 Å². The van der Waals surface area contributed by atoms with Gasteiger partial charge in [-0.1, -0.05) is 36.4 Å². The number of aliphatic hydroxyl groups is 1. The molecule has 22 heavy (non-hydrogen) atoms. The van der Waals surface area contributed by atoms with Crippen LogP contribution in [0, 0.1) is 18.3 Å². The quantitative estimate of drug-likeness (QED) is 0.919. The highest BCUT2D eigenvalue weighted by Gasteiger charge is 2.20. The van der Waals surface area contributed by atoms with Crippen LogP contribution in [0.25, 0.3) is 0 Å². The molecule has 0 amide bonds. The number of rotatable bonds is 5. The van der Waals surface area contributed by atoms with Crippen molar-refractivity contribution < 1.29 is 13.5 Å². The Bertz CT molecular complexity index is 789. The first-order valence-electron chi connectivity index (χ1n) is 6.84. The van der Waals surface area contributed by atoms with E-state index in [0.29, 0.717) is 11.1 Å². The van der Waals surface area contributed by atoms with Crippen molar-refractivity contribution in [3.05, 3.63) is 70.8 Å². The lowest BCUT2D eigenvalue weighted by atomic mass is 10.1. The van der Waals surface area contributed by atoms with Gasteiger partial charge in [-0.15, -0.1) is 0 Å². The molecular weight excluding hydrogens is 298 g/mol. The maximum atomic E-state index is 12.2. The summed E-state index contributed by atoms with van der Waals surface area (Å²) in [6.45, 7) is 1.86. The average Bonchev–Trinajstić information content (AvgIpc) is 2.49. The van der Waals surface area contributed by atoms with Crippen molar-refractivity contribution in [1.29, 1.82) is 5.26 Å². The van der Waals surface area contributed by atoms with Gasteiger partial charge in [0.1, 0.15) is 0 Å². The smallest absolute Gasteiger partial charge is 0.157 e. The number of nitrogens with zero attached hydrogens (tertiary/aromatic N) is 1. The van der Waals surface area contributed by atoms with Crippen LogP contribution in [0.1, 0.15) is 28.4 Å². The van der Waals surface area contributed by atoms with Crippen LogP contribution >= 0.6 is 0 Å². The van der Waals surface area contributed by atoms with Crippen LogP contribution in [0.4, 0.5) is 0 Å². The molecule has 2 rings (SSSR count). The van der Waals surface area contributed by atoms with Crippen molar-refractivity contribution in [1.82, 2.24) is 0 Å². The number of hydrogen-bond donors (Lipinski definition) is 1. The van der Waals surface area contributed by atoms with Gasteiger partial charge in [0.05, 0.1) is 29.2 Å². The number of hydrogen-bond acceptors (Lipinski definition) is 4. The molecule has 1 unspecified atom stereocenters. The topological polar surface area (TPSA) is 78.2 Å². The number of aryl methyl sites for hydroxylation is 1. The van der Waals surface area contributed by atoms with Crippen molar-refractivity contribution in [2.75, 3.05) is 5.75 Å². The first kappa shape index (κ1) is 16.2. The van der Waals surface area contributed by atoms with Crippen LogP contribution in [-0.2, 0) is 15.6 Å². The lowest BCUT2D eigenvalue weighted by molar-refractivity contribution is 0.201. The van der Waals surface area contributed by atoms with E-state index >= 15 is 0 Å². The maximum Gasteiger partial charge on any atom is 0.157 e. The lowest BCUT2D eigenvalue weighted by Crippen LogP contribution is -2.16. The Morgan fingerprint density at radius 2 is 1.77 bits per heavy atom. The van der Waals surface area contributed by atoms with E-state index in [1.165, 1.54) is 0 Å². The van der Waals surface area contributed by atoms with Crippen LogP contribution in [0.15, 0.2) is 48.5 Å². The zero-order valence-corrected chi connectivity index (χ0v) is 13.0. The van der Waals surface area contributed by atoms with E-state index in [4.69, 9.17) is 5.26 Å². The first-order chi connectivity index (χ1) is 10.4. The normalized spacial score (nSPS) is 12.6. The zero-order chi connectivity index (χ0) is 16.2. The van der Waals surface area contributed by atoms with E-state index in [2.05, 4.69) is 0 Å². The molecule has 2 aromatic rings. The molecule has 0 spiro atoms. The van der Waals surface area contributed by atoms with Gasteiger partial charge in [-0.05, 0) is 35.7 Å². The summed E-state index contributed by atoms with van der Waals surface area (Å²) in [6, 6.07) is 15.6. The minimum absolute atomic E-state index is 0.0903. The number of aliphatic hydroxyl groups excluding tert-OH is 1. The van der Waals surface area contributed by atoms with Crippen molar-refractivity contribution >= 4 is 9.84 Å². The fourth-order valence-electron chi connectivity index (χ4n) is 2.18. The van der Waals surface area contributed by atoms with Gasteiger partial charge in [0, 0.05) is 0 Å². The Labute approximate surface area is 130 Å². The minimum Gasteiger partial charge on any atom is -0.387 e. The Balaban J connectivity index is 2.11. The molecule has 0 aromatic heterocycles. The van der Waals surface area contributed by atoms with Crippen molar-refractivity contribution in [3.8, 4) is 6.07 Å². The summed E-state index contributed by atoms with van der Waals surface area (Å²) >= 11 is 0. The van der Waals surface area contributed by atoms with Gasteiger partial charge in [-0.3, -0.25) is 0 Å². The van der Waals surface area contributed by atoms with Crippen LogP contribution < -0.4 is 0 Å². The molecule has 4 nitrogen and oxygen atoms in total. The first-order valence-corrected chi connectivity index (χ1v) is 8.66. The molecule has 114 valence electrons. The number of benzene rings is 2. The Morgan fingerprint density at radius 3 is 2.36 bits per heavy atom. The van der Waals surface area contributed by atoms with Crippen LogP contribution in [0.2, 0.25) is 0 Å². The molecule has 1 atom stereocenters. The van der Waals surface area contributed by atoms with Gasteiger partial charge < -0.3 is 5.11 Å². The second-order valence-corrected chi connectivity index (χ2v) is 7.34. The summed E-state index contributed by atoms with van der Waals surface area (Å²) in [4.78, 5) is 0. The van der Waals surface area contributed by atoms with Gasteiger partial charge in [-0.25, -0.2) is 8.42 Å². The lowest BCUT2D eigenvalue weighted by Gasteiger charge is -2.12. The third-order valence-electron chi connectivity index (χ3n) is 3.47. The molecular formula is C17H17NO3S. The summed E-state index contributed by atoms with van der Waals surface area (Å²) < 4.78 is 24.5. The maximum absolute atomic E-state index is 12.2. The predicted octanol–water partition coefficient (Wildman–Crippen LogP) is 2.52. The molecule has 0 saturated heterocycles. The van der Waals surface area contributed by atoms with Gasteiger partial charge in [0.2, 0.25) is 0 Å². The molecule has 0 fully saturated rings. The van der Waals surface area contributed by atoms with Crippen molar-refractivity contribution in [2.45, 2.75) is 18.8 Å². The Morgan fingerprint density at radius 1 is 1.14 bits per heavy atom. The molecule has 0 radical (unpaired) electrons. The second kappa shape index (κ2) is 6.73. The summed E-state index contributed by atoms with van der Waals surface area (Å²) in [5.41, 5.74) is 2.62. The highest BCUT2D eigenvalue weighted by molar-refractivity contribution is 7.90. The van der Waals surface area contributed by atoms with Gasteiger partial charge >= 0.3 is 0 Å². The highest BCUT2D eigenvalue weighted by Crippen LogP contribution is 2.19. The van der Waals surface area contributed by atoms with E-state index in [0.717, 1.165) is 11.1 Å². The second-order valence-electron chi connectivity index (χ2n) is 5.23. The van der Waals surface area contributed by atoms with Crippen molar-refractivity contribution in [2.24, 2.45) is 0 Å². The molecule has 5 heteroatoms. The molecule has 0 heterocycles. The van der Waals surface area contributed by atoms with Crippen LogP contribution in [0.3, 0.4) is 0 Å². The summed E-state index contributed by atoms with van der Waals surface area (Å²) in [5, 5.41) is 18.8. The van der Waals surface area contributed by atoms with E-state index in [1.54, 1.807) is 36.4 Å². The molecule has 0 bridgehead atoms. The largest absolute Gasteiger partial charge is 0.387 e. The molecule has 0 aliphatic heterocycles. The zero-order valence-electron chi connectivity index (χ0n) is 12.2. The Hall–Kier alpha value is -2.16. The van der Waals surface area contributed by atoms with Crippen LogP contribution in [0.5, 0.6) is 0 Å². The van der Waals surface area contributed by atoms with E-state index in [-0.39, 0.29) is 11.5 Å².